The van der Waals surface area contributed by atoms with Gasteiger partial charge in [-0.2, -0.15) is 4.31 Å². The average Bonchev–Trinajstić information content (AvgIpc) is 3.14. The second-order valence-electron chi connectivity index (χ2n) is 7.21. The maximum atomic E-state index is 12.8. The number of nitrogens with one attached hydrogen (secondary N) is 1. The van der Waals surface area contributed by atoms with Crippen molar-refractivity contribution >= 4 is 10.0 Å². The van der Waals surface area contributed by atoms with E-state index in [9.17, 15) is 8.42 Å². The fraction of sp³-hybridized carbons (Fsp3) is 0.824. The normalized spacial score (nSPS) is 24.3. The Morgan fingerprint density at radius 2 is 1.87 bits per heavy atom. The zero-order valence-electron chi connectivity index (χ0n) is 14.3. The van der Waals surface area contributed by atoms with Crippen molar-refractivity contribution in [2.75, 3.05) is 12.3 Å². The predicted octanol–water partition coefficient (Wildman–Crippen LogP) is 3.46. The van der Waals surface area contributed by atoms with Crippen LogP contribution in [-0.2, 0) is 10.0 Å². The Labute approximate surface area is 139 Å². The minimum absolute atomic E-state index is 0.0984. The molecule has 1 saturated carbocycles. The van der Waals surface area contributed by atoms with Crippen LogP contribution in [-0.4, -0.2) is 35.0 Å². The lowest BCUT2D eigenvalue weighted by Crippen LogP contribution is -2.33. The lowest BCUT2D eigenvalue weighted by atomic mass is 9.88. The monoisotopic (exact) mass is 339 g/mol. The van der Waals surface area contributed by atoms with E-state index < -0.39 is 10.0 Å². The van der Waals surface area contributed by atoms with Gasteiger partial charge in [0.05, 0.1) is 17.5 Å². The van der Waals surface area contributed by atoms with Crippen LogP contribution >= 0.6 is 0 Å². The Balaban J connectivity index is 1.67. The number of nitrogens with zero attached hydrogens (tertiary/aromatic N) is 2. The average molecular weight is 340 g/mol. The van der Waals surface area contributed by atoms with Gasteiger partial charge < -0.3 is 4.98 Å². The van der Waals surface area contributed by atoms with Gasteiger partial charge in [-0.3, -0.25) is 0 Å². The molecule has 6 heteroatoms. The summed E-state index contributed by atoms with van der Waals surface area (Å²) in [5, 5.41) is 0. The number of hydrogen-bond acceptors (Lipinski definition) is 3. The summed E-state index contributed by atoms with van der Waals surface area (Å²) in [6.07, 6.45) is 8.87. The molecule has 130 valence electrons. The molecule has 1 atom stereocenters. The summed E-state index contributed by atoms with van der Waals surface area (Å²) in [5.74, 6) is 1.72. The molecule has 5 nitrogen and oxygen atoms in total. The molecule has 1 aromatic rings. The van der Waals surface area contributed by atoms with Crippen LogP contribution in [0.2, 0.25) is 0 Å². The highest BCUT2D eigenvalue weighted by molar-refractivity contribution is 7.89. The molecule has 3 rings (SSSR count). The van der Waals surface area contributed by atoms with E-state index in [0.717, 1.165) is 36.5 Å². The van der Waals surface area contributed by atoms with Crippen LogP contribution in [0.5, 0.6) is 0 Å². The molecule has 0 spiro atoms. The minimum atomic E-state index is -3.19. The minimum Gasteiger partial charge on any atom is -0.345 e. The molecule has 0 amide bonds. The summed E-state index contributed by atoms with van der Waals surface area (Å²) in [4.78, 5) is 7.82. The Bertz CT molecular complexity index is 613. The largest absolute Gasteiger partial charge is 0.345 e. The molecule has 2 aliphatic rings. The first-order valence-electron chi connectivity index (χ1n) is 9.00. The number of imidazole rings is 1. The van der Waals surface area contributed by atoms with Crippen LogP contribution in [0.25, 0.3) is 0 Å². The van der Waals surface area contributed by atoms with Crippen molar-refractivity contribution in [1.82, 2.24) is 14.3 Å². The maximum absolute atomic E-state index is 12.8. The second kappa shape index (κ2) is 6.93. The molecule has 0 unspecified atom stereocenters. The first-order chi connectivity index (χ1) is 11.0. The highest BCUT2D eigenvalue weighted by atomic mass is 32.2. The Morgan fingerprint density at radius 1 is 1.13 bits per heavy atom. The van der Waals surface area contributed by atoms with Gasteiger partial charge in [0.2, 0.25) is 10.0 Å². The number of sulfonamides is 1. The van der Waals surface area contributed by atoms with Gasteiger partial charge in [0, 0.05) is 12.2 Å². The highest BCUT2D eigenvalue weighted by Crippen LogP contribution is 2.34. The predicted molar refractivity (Wildman–Crippen MR) is 91.7 cm³/mol. The molecular formula is C17H29N3O2S. The van der Waals surface area contributed by atoms with Crippen LogP contribution in [0.1, 0.15) is 74.6 Å². The lowest BCUT2D eigenvalue weighted by Gasteiger charge is -2.25. The molecule has 1 aromatic heterocycles. The molecular weight excluding hydrogens is 310 g/mol. The van der Waals surface area contributed by atoms with E-state index in [1.165, 1.54) is 32.1 Å². The first kappa shape index (κ1) is 17.0. The van der Waals surface area contributed by atoms with Gasteiger partial charge in [-0.25, -0.2) is 13.4 Å². The van der Waals surface area contributed by atoms with Gasteiger partial charge in [-0.05, 0) is 39.0 Å². The molecule has 1 saturated heterocycles. The molecule has 2 fully saturated rings. The number of hydrogen-bond donors (Lipinski definition) is 1. The molecule has 1 N–H and O–H groups in total. The number of aromatic nitrogens is 2. The van der Waals surface area contributed by atoms with Crippen LogP contribution in [0.15, 0.2) is 0 Å². The van der Waals surface area contributed by atoms with Crippen molar-refractivity contribution in [2.45, 2.75) is 71.3 Å². The smallest absolute Gasteiger partial charge is 0.214 e. The van der Waals surface area contributed by atoms with E-state index >= 15 is 0 Å². The molecule has 1 aliphatic heterocycles. The Hall–Kier alpha value is -0.880. The molecule has 2 heterocycles. The van der Waals surface area contributed by atoms with Crippen LogP contribution in [0, 0.1) is 19.8 Å². The van der Waals surface area contributed by atoms with Crippen molar-refractivity contribution < 1.29 is 8.42 Å². The van der Waals surface area contributed by atoms with E-state index in [1.54, 1.807) is 4.31 Å². The van der Waals surface area contributed by atoms with E-state index in [0.29, 0.717) is 18.2 Å². The second-order valence-corrected chi connectivity index (χ2v) is 9.25. The summed E-state index contributed by atoms with van der Waals surface area (Å²) in [6, 6.07) is -0.0984. The van der Waals surface area contributed by atoms with Gasteiger partial charge in [0.15, 0.2) is 0 Å². The van der Waals surface area contributed by atoms with Crippen LogP contribution < -0.4 is 0 Å². The number of H-pyrrole nitrogens is 1. The third kappa shape index (κ3) is 3.79. The summed E-state index contributed by atoms with van der Waals surface area (Å²) in [5.41, 5.74) is 2.00. The summed E-state index contributed by atoms with van der Waals surface area (Å²) in [6.45, 7) is 4.59. The van der Waals surface area contributed by atoms with Crippen molar-refractivity contribution in [3.8, 4) is 0 Å². The van der Waals surface area contributed by atoms with Crippen molar-refractivity contribution in [1.29, 1.82) is 0 Å². The summed E-state index contributed by atoms with van der Waals surface area (Å²) >= 11 is 0. The Kier molecular flexibility index (Phi) is 5.11. The number of aromatic amines is 1. The molecule has 23 heavy (non-hydrogen) atoms. The zero-order chi connectivity index (χ0) is 16.4. The van der Waals surface area contributed by atoms with Gasteiger partial charge >= 0.3 is 0 Å². The van der Waals surface area contributed by atoms with E-state index in [2.05, 4.69) is 9.97 Å². The van der Waals surface area contributed by atoms with Crippen molar-refractivity contribution in [3.63, 3.8) is 0 Å². The summed E-state index contributed by atoms with van der Waals surface area (Å²) < 4.78 is 27.4. The van der Waals surface area contributed by atoms with E-state index in [1.807, 2.05) is 13.8 Å². The fourth-order valence-corrected chi connectivity index (χ4v) is 5.85. The van der Waals surface area contributed by atoms with E-state index in [4.69, 9.17) is 0 Å². The van der Waals surface area contributed by atoms with Crippen molar-refractivity contribution in [2.24, 2.45) is 5.92 Å². The molecule has 1 aliphatic carbocycles. The number of rotatable bonds is 5. The quantitative estimate of drug-likeness (QED) is 0.893. The van der Waals surface area contributed by atoms with Gasteiger partial charge in [0.1, 0.15) is 5.82 Å². The molecule has 0 radical (unpaired) electrons. The highest BCUT2D eigenvalue weighted by Gasteiger charge is 2.37. The third-order valence-electron chi connectivity index (χ3n) is 5.53. The summed E-state index contributed by atoms with van der Waals surface area (Å²) in [7, 11) is -3.19. The fourth-order valence-electron chi connectivity index (χ4n) is 3.99. The van der Waals surface area contributed by atoms with Gasteiger partial charge in [0.25, 0.3) is 0 Å². The third-order valence-corrected chi connectivity index (χ3v) is 7.44. The maximum Gasteiger partial charge on any atom is 0.214 e. The SMILES string of the molecule is Cc1nc([C@@H]2CCCN2S(=O)(=O)CCC2CCCCC2)[nH]c1C. The van der Waals surface area contributed by atoms with Crippen molar-refractivity contribution in [3.05, 3.63) is 17.2 Å². The number of aryl methyl sites for hydroxylation is 2. The molecule has 0 bridgehead atoms. The Morgan fingerprint density at radius 3 is 2.52 bits per heavy atom. The van der Waals surface area contributed by atoms with Gasteiger partial charge in [-0.1, -0.05) is 32.1 Å². The topological polar surface area (TPSA) is 66.1 Å². The molecule has 0 aromatic carbocycles. The zero-order valence-corrected chi connectivity index (χ0v) is 15.2. The van der Waals surface area contributed by atoms with Crippen LogP contribution in [0.4, 0.5) is 0 Å². The first-order valence-corrected chi connectivity index (χ1v) is 10.6. The lowest BCUT2D eigenvalue weighted by molar-refractivity contribution is 0.342. The van der Waals surface area contributed by atoms with E-state index in [-0.39, 0.29) is 6.04 Å². The standard InChI is InChI=1S/C17H29N3O2S/c1-13-14(2)19-17(18-13)16-9-6-11-20(16)23(21,22)12-10-15-7-4-3-5-8-15/h15-16H,3-12H2,1-2H3,(H,18,19)/t16-/m0/s1. The van der Waals surface area contributed by atoms with Crippen LogP contribution in [0.3, 0.4) is 0 Å². The van der Waals surface area contributed by atoms with Gasteiger partial charge in [-0.15, -0.1) is 0 Å².